The first-order valence-electron chi connectivity index (χ1n) is 7.63. The highest BCUT2D eigenvalue weighted by molar-refractivity contribution is 5.79. The van der Waals surface area contributed by atoms with Crippen molar-refractivity contribution in [2.45, 2.75) is 71.5 Å². The number of rotatable bonds is 7. The molecule has 0 aromatic rings. The molecule has 1 rings (SSSR count). The number of likely N-dealkylation sites (tertiary alicyclic amines) is 1. The van der Waals surface area contributed by atoms with Gasteiger partial charge in [-0.2, -0.15) is 0 Å². The molecule has 0 radical (unpaired) electrons. The summed E-state index contributed by atoms with van der Waals surface area (Å²) in [6.07, 6.45) is 4.18. The fourth-order valence-electron chi connectivity index (χ4n) is 3.18. The summed E-state index contributed by atoms with van der Waals surface area (Å²) in [5, 5.41) is 8.93. The van der Waals surface area contributed by atoms with E-state index in [2.05, 4.69) is 32.6 Å². The Morgan fingerprint density at radius 1 is 1.32 bits per heavy atom. The van der Waals surface area contributed by atoms with Gasteiger partial charge in [0.15, 0.2) is 0 Å². The quantitative estimate of drug-likeness (QED) is 0.768. The van der Waals surface area contributed by atoms with Crippen LogP contribution in [0.4, 0.5) is 0 Å². The monoisotopic (exact) mass is 270 g/mol. The summed E-state index contributed by atoms with van der Waals surface area (Å²) in [7, 11) is 0. The summed E-state index contributed by atoms with van der Waals surface area (Å²) >= 11 is 0. The Labute approximate surface area is 117 Å². The highest BCUT2D eigenvalue weighted by Crippen LogP contribution is 2.21. The van der Waals surface area contributed by atoms with E-state index in [1.54, 1.807) is 0 Å². The summed E-state index contributed by atoms with van der Waals surface area (Å²) in [5.74, 6) is 0.237. The van der Waals surface area contributed by atoms with Crippen molar-refractivity contribution in [3.05, 3.63) is 0 Å². The van der Waals surface area contributed by atoms with E-state index in [1.807, 2.05) is 4.90 Å². The lowest BCUT2D eigenvalue weighted by Crippen LogP contribution is -2.48. The number of amides is 1. The smallest absolute Gasteiger partial charge is 0.237 e. The number of carbonyl (C=O) groups excluding carboxylic acids is 1. The molecule has 112 valence electrons. The molecule has 1 fully saturated rings. The molecule has 0 bridgehead atoms. The van der Waals surface area contributed by atoms with Crippen molar-refractivity contribution in [3.8, 4) is 0 Å². The molecule has 1 atom stereocenters. The SMILES string of the molecule is CC(C)N(C(=O)CN1CCCC1CCCO)C(C)C. The predicted molar refractivity (Wildman–Crippen MR) is 78.0 cm³/mol. The maximum absolute atomic E-state index is 12.4. The zero-order chi connectivity index (χ0) is 14.4. The van der Waals surface area contributed by atoms with Gasteiger partial charge in [0.25, 0.3) is 0 Å². The third kappa shape index (κ3) is 4.77. The summed E-state index contributed by atoms with van der Waals surface area (Å²) in [4.78, 5) is 16.7. The van der Waals surface area contributed by atoms with Crippen LogP contribution in [0.2, 0.25) is 0 Å². The highest BCUT2D eigenvalue weighted by atomic mass is 16.3. The molecule has 0 aromatic carbocycles. The fraction of sp³-hybridized carbons (Fsp3) is 0.933. The average Bonchev–Trinajstić information content (AvgIpc) is 2.72. The standard InChI is InChI=1S/C15H30N2O2/c1-12(2)17(13(3)4)15(19)11-16-9-5-7-14(16)8-6-10-18/h12-14,18H,5-11H2,1-4H3. The Morgan fingerprint density at radius 3 is 2.47 bits per heavy atom. The number of aliphatic hydroxyl groups excluding tert-OH is 1. The Hall–Kier alpha value is -0.610. The van der Waals surface area contributed by atoms with Crippen molar-refractivity contribution in [3.63, 3.8) is 0 Å². The Bertz CT molecular complexity index is 271. The van der Waals surface area contributed by atoms with Crippen molar-refractivity contribution < 1.29 is 9.90 Å². The van der Waals surface area contributed by atoms with Gasteiger partial charge in [0.1, 0.15) is 0 Å². The van der Waals surface area contributed by atoms with E-state index < -0.39 is 0 Å². The van der Waals surface area contributed by atoms with Gasteiger partial charge < -0.3 is 10.0 Å². The van der Waals surface area contributed by atoms with Crippen LogP contribution in [0, 0.1) is 0 Å². The van der Waals surface area contributed by atoms with E-state index in [-0.39, 0.29) is 24.6 Å². The van der Waals surface area contributed by atoms with Gasteiger partial charge in [0, 0.05) is 24.7 Å². The normalized spacial score (nSPS) is 20.5. The summed E-state index contributed by atoms with van der Waals surface area (Å²) in [5.41, 5.74) is 0. The third-order valence-electron chi connectivity index (χ3n) is 3.93. The maximum atomic E-state index is 12.4. The maximum Gasteiger partial charge on any atom is 0.237 e. The number of hydrogen-bond acceptors (Lipinski definition) is 3. The van der Waals surface area contributed by atoms with Crippen molar-refractivity contribution >= 4 is 5.91 Å². The molecule has 1 aliphatic heterocycles. The van der Waals surface area contributed by atoms with E-state index >= 15 is 0 Å². The molecule has 1 heterocycles. The van der Waals surface area contributed by atoms with Gasteiger partial charge in [-0.25, -0.2) is 0 Å². The average molecular weight is 270 g/mol. The van der Waals surface area contributed by atoms with Crippen molar-refractivity contribution in [1.82, 2.24) is 9.80 Å². The van der Waals surface area contributed by atoms with E-state index in [1.165, 1.54) is 6.42 Å². The van der Waals surface area contributed by atoms with Gasteiger partial charge in [0.05, 0.1) is 6.54 Å². The van der Waals surface area contributed by atoms with E-state index in [0.717, 1.165) is 25.8 Å². The lowest BCUT2D eigenvalue weighted by Gasteiger charge is -2.33. The third-order valence-corrected chi connectivity index (χ3v) is 3.93. The Morgan fingerprint density at radius 2 is 1.95 bits per heavy atom. The molecule has 19 heavy (non-hydrogen) atoms. The van der Waals surface area contributed by atoms with Crippen LogP contribution < -0.4 is 0 Å². The van der Waals surface area contributed by atoms with Crippen molar-refractivity contribution in [2.24, 2.45) is 0 Å². The summed E-state index contributed by atoms with van der Waals surface area (Å²) < 4.78 is 0. The van der Waals surface area contributed by atoms with Crippen LogP contribution in [0.15, 0.2) is 0 Å². The number of hydrogen-bond donors (Lipinski definition) is 1. The van der Waals surface area contributed by atoms with Gasteiger partial charge in [-0.3, -0.25) is 9.69 Å². The second kappa shape index (κ2) is 7.85. The molecule has 4 heteroatoms. The predicted octanol–water partition coefficient (Wildman–Crippen LogP) is 1.87. The molecule has 1 saturated heterocycles. The van der Waals surface area contributed by atoms with Crippen molar-refractivity contribution in [1.29, 1.82) is 0 Å². The van der Waals surface area contributed by atoms with Gasteiger partial charge in [-0.1, -0.05) is 0 Å². The van der Waals surface area contributed by atoms with Crippen molar-refractivity contribution in [2.75, 3.05) is 19.7 Å². The van der Waals surface area contributed by atoms with Gasteiger partial charge in [-0.15, -0.1) is 0 Å². The minimum absolute atomic E-state index is 0.237. The molecular weight excluding hydrogens is 240 g/mol. The minimum Gasteiger partial charge on any atom is -0.396 e. The first kappa shape index (κ1) is 16.4. The van der Waals surface area contributed by atoms with E-state index in [4.69, 9.17) is 5.11 Å². The van der Waals surface area contributed by atoms with Gasteiger partial charge in [-0.05, 0) is 59.9 Å². The molecule has 1 amide bonds. The molecule has 0 saturated carbocycles. The zero-order valence-electron chi connectivity index (χ0n) is 12.9. The lowest BCUT2D eigenvalue weighted by atomic mass is 10.1. The first-order chi connectivity index (χ1) is 8.97. The van der Waals surface area contributed by atoms with E-state index in [0.29, 0.717) is 12.6 Å². The van der Waals surface area contributed by atoms with Gasteiger partial charge in [0.2, 0.25) is 5.91 Å². The Balaban J connectivity index is 2.54. The van der Waals surface area contributed by atoms with Crippen LogP contribution in [-0.4, -0.2) is 58.6 Å². The topological polar surface area (TPSA) is 43.8 Å². The minimum atomic E-state index is 0.237. The second-order valence-electron chi connectivity index (χ2n) is 6.12. The van der Waals surface area contributed by atoms with Crippen LogP contribution >= 0.6 is 0 Å². The molecule has 4 nitrogen and oxygen atoms in total. The molecule has 0 aliphatic carbocycles. The zero-order valence-corrected chi connectivity index (χ0v) is 12.9. The van der Waals surface area contributed by atoms with Crippen LogP contribution in [0.1, 0.15) is 53.4 Å². The lowest BCUT2D eigenvalue weighted by molar-refractivity contribution is -0.136. The highest BCUT2D eigenvalue weighted by Gasteiger charge is 2.28. The molecular formula is C15H30N2O2. The van der Waals surface area contributed by atoms with Crippen LogP contribution in [0.5, 0.6) is 0 Å². The molecule has 1 N–H and O–H groups in total. The van der Waals surface area contributed by atoms with Gasteiger partial charge >= 0.3 is 0 Å². The summed E-state index contributed by atoms with van der Waals surface area (Å²) in [6, 6.07) is 0.995. The molecule has 0 aromatic heterocycles. The number of aliphatic hydroxyl groups is 1. The van der Waals surface area contributed by atoms with Crippen LogP contribution in [0.3, 0.4) is 0 Å². The number of nitrogens with zero attached hydrogens (tertiary/aromatic N) is 2. The summed E-state index contributed by atoms with van der Waals surface area (Å²) in [6.45, 7) is 10.1. The second-order valence-corrected chi connectivity index (χ2v) is 6.12. The molecule has 1 aliphatic rings. The molecule has 1 unspecified atom stereocenters. The number of carbonyl (C=O) groups is 1. The fourth-order valence-corrected chi connectivity index (χ4v) is 3.18. The van der Waals surface area contributed by atoms with Crippen LogP contribution in [-0.2, 0) is 4.79 Å². The molecule has 0 spiro atoms. The Kier molecular flexibility index (Phi) is 6.80. The first-order valence-corrected chi connectivity index (χ1v) is 7.63. The largest absolute Gasteiger partial charge is 0.396 e. The van der Waals surface area contributed by atoms with E-state index in [9.17, 15) is 4.79 Å². The van der Waals surface area contributed by atoms with Crippen LogP contribution in [0.25, 0.3) is 0 Å².